The molecule has 0 aliphatic carbocycles. The van der Waals surface area contributed by atoms with Gasteiger partial charge in [0.1, 0.15) is 12.4 Å². The number of carbonyl (C=O) groups excluding carboxylic acids is 1. The minimum Gasteiger partial charge on any atom is -0.486 e. The summed E-state index contributed by atoms with van der Waals surface area (Å²) in [6.07, 6.45) is 0. The fourth-order valence-electron chi connectivity index (χ4n) is 2.23. The number of ether oxygens (including phenoxy) is 2. The molecule has 0 fully saturated rings. The predicted octanol–water partition coefficient (Wildman–Crippen LogP) is 3.44. The van der Waals surface area contributed by atoms with Crippen LogP contribution in [0.25, 0.3) is 0 Å². The predicted molar refractivity (Wildman–Crippen MR) is 97.9 cm³/mol. The van der Waals surface area contributed by atoms with Crippen molar-refractivity contribution >= 4 is 17.7 Å². The first-order valence-electron chi connectivity index (χ1n) is 8.20. The van der Waals surface area contributed by atoms with Gasteiger partial charge in [-0.05, 0) is 30.0 Å². The highest BCUT2D eigenvalue weighted by molar-refractivity contribution is 7.99. The molecular weight excluding hydrogens is 338 g/mol. The number of hydrogen-bond acceptors (Lipinski definition) is 6. The number of benzene rings is 1. The number of esters is 1. The van der Waals surface area contributed by atoms with Crippen molar-refractivity contribution in [3.8, 4) is 5.75 Å². The molecule has 0 radical (unpaired) electrons. The molecule has 0 saturated carbocycles. The number of hydrogen-bond donors (Lipinski definition) is 0. The SMILES string of the molecule is CCn1c(COc2ccc(C(C)(C)C)cc2)nnc1SCC(=O)OC. The van der Waals surface area contributed by atoms with Crippen molar-refractivity contribution in [2.45, 2.75) is 51.4 Å². The van der Waals surface area contributed by atoms with Crippen LogP contribution in [0.15, 0.2) is 29.4 Å². The van der Waals surface area contributed by atoms with E-state index in [-0.39, 0.29) is 17.1 Å². The molecule has 0 saturated heterocycles. The zero-order chi connectivity index (χ0) is 18.4. The smallest absolute Gasteiger partial charge is 0.316 e. The normalized spacial score (nSPS) is 11.4. The van der Waals surface area contributed by atoms with Gasteiger partial charge in [-0.3, -0.25) is 4.79 Å². The van der Waals surface area contributed by atoms with Gasteiger partial charge in [-0.15, -0.1) is 10.2 Å². The van der Waals surface area contributed by atoms with Gasteiger partial charge in [-0.2, -0.15) is 0 Å². The van der Waals surface area contributed by atoms with Crippen LogP contribution in [0.5, 0.6) is 5.75 Å². The van der Waals surface area contributed by atoms with E-state index in [0.717, 1.165) is 11.6 Å². The fraction of sp³-hybridized carbons (Fsp3) is 0.500. The first-order chi connectivity index (χ1) is 11.8. The number of rotatable bonds is 7. The Kier molecular flexibility index (Phi) is 6.47. The van der Waals surface area contributed by atoms with E-state index in [1.54, 1.807) is 0 Å². The lowest BCUT2D eigenvalue weighted by Gasteiger charge is -2.19. The van der Waals surface area contributed by atoms with Crippen LogP contribution in [-0.2, 0) is 28.1 Å². The van der Waals surface area contributed by atoms with Gasteiger partial charge in [-0.1, -0.05) is 44.7 Å². The Hall–Kier alpha value is -2.02. The molecule has 0 atom stereocenters. The summed E-state index contributed by atoms with van der Waals surface area (Å²) in [6.45, 7) is 9.58. The summed E-state index contributed by atoms with van der Waals surface area (Å²) in [5.41, 5.74) is 1.38. The molecule has 2 aromatic rings. The molecule has 0 aliphatic rings. The molecule has 6 nitrogen and oxygen atoms in total. The minimum atomic E-state index is -0.285. The maximum Gasteiger partial charge on any atom is 0.316 e. The molecule has 7 heteroatoms. The maximum atomic E-state index is 11.3. The van der Waals surface area contributed by atoms with Crippen LogP contribution in [-0.4, -0.2) is 33.6 Å². The number of aromatic nitrogens is 3. The minimum absolute atomic E-state index is 0.118. The maximum absolute atomic E-state index is 11.3. The number of nitrogens with zero attached hydrogens (tertiary/aromatic N) is 3. The van der Waals surface area contributed by atoms with Crippen molar-refractivity contribution in [2.75, 3.05) is 12.9 Å². The monoisotopic (exact) mass is 363 g/mol. The van der Waals surface area contributed by atoms with E-state index in [4.69, 9.17) is 4.74 Å². The van der Waals surface area contributed by atoms with Crippen LogP contribution in [0.3, 0.4) is 0 Å². The molecule has 0 bridgehead atoms. The van der Waals surface area contributed by atoms with Gasteiger partial charge in [-0.25, -0.2) is 0 Å². The summed E-state index contributed by atoms with van der Waals surface area (Å²) < 4.78 is 12.4. The molecule has 0 aliphatic heterocycles. The van der Waals surface area contributed by atoms with Crippen molar-refractivity contribution in [1.82, 2.24) is 14.8 Å². The molecule has 1 aromatic carbocycles. The lowest BCUT2D eigenvalue weighted by atomic mass is 9.87. The van der Waals surface area contributed by atoms with Gasteiger partial charge in [0.15, 0.2) is 11.0 Å². The highest BCUT2D eigenvalue weighted by Gasteiger charge is 2.15. The van der Waals surface area contributed by atoms with Crippen LogP contribution < -0.4 is 4.74 Å². The average molecular weight is 363 g/mol. The summed E-state index contributed by atoms with van der Waals surface area (Å²) in [6, 6.07) is 8.11. The largest absolute Gasteiger partial charge is 0.486 e. The molecular formula is C18H25N3O3S. The van der Waals surface area contributed by atoms with Crippen LogP contribution in [0.1, 0.15) is 39.1 Å². The topological polar surface area (TPSA) is 66.2 Å². The van der Waals surface area contributed by atoms with Crippen LogP contribution in [0.2, 0.25) is 0 Å². The van der Waals surface area contributed by atoms with E-state index in [9.17, 15) is 4.79 Å². The van der Waals surface area contributed by atoms with Gasteiger partial charge < -0.3 is 14.0 Å². The Balaban J connectivity index is 2.00. The standard InChI is InChI=1S/C18H25N3O3S/c1-6-21-15(19-20-17(21)25-12-16(22)23-5)11-24-14-9-7-13(8-10-14)18(2,3)4/h7-10H,6,11-12H2,1-5H3. The van der Waals surface area contributed by atoms with E-state index in [1.165, 1.54) is 24.4 Å². The summed E-state index contributed by atoms with van der Waals surface area (Å²) >= 11 is 1.31. The van der Waals surface area contributed by atoms with Crippen molar-refractivity contribution in [3.63, 3.8) is 0 Å². The van der Waals surface area contributed by atoms with Crippen molar-refractivity contribution in [3.05, 3.63) is 35.7 Å². The Morgan fingerprint density at radius 1 is 1.20 bits per heavy atom. The highest BCUT2D eigenvalue weighted by atomic mass is 32.2. The molecule has 0 N–H and O–H groups in total. The van der Waals surface area contributed by atoms with Gasteiger partial charge in [0.25, 0.3) is 0 Å². The van der Waals surface area contributed by atoms with E-state index in [0.29, 0.717) is 18.3 Å². The van der Waals surface area contributed by atoms with Gasteiger partial charge in [0.05, 0.1) is 12.9 Å². The molecule has 1 aromatic heterocycles. The highest BCUT2D eigenvalue weighted by Crippen LogP contribution is 2.25. The average Bonchev–Trinajstić information content (AvgIpc) is 2.99. The molecule has 1 heterocycles. The molecule has 25 heavy (non-hydrogen) atoms. The molecule has 0 amide bonds. The summed E-state index contributed by atoms with van der Waals surface area (Å²) in [7, 11) is 1.37. The molecule has 136 valence electrons. The van der Waals surface area contributed by atoms with Gasteiger partial charge in [0, 0.05) is 6.54 Å². The number of methoxy groups -OCH3 is 1. The number of thioether (sulfide) groups is 1. The van der Waals surface area contributed by atoms with Crippen LogP contribution in [0.4, 0.5) is 0 Å². The van der Waals surface area contributed by atoms with E-state index in [2.05, 4.69) is 47.8 Å². The zero-order valence-electron chi connectivity index (χ0n) is 15.4. The fourth-order valence-corrected chi connectivity index (χ4v) is 3.09. The van der Waals surface area contributed by atoms with Crippen molar-refractivity contribution < 1.29 is 14.3 Å². The van der Waals surface area contributed by atoms with Crippen molar-refractivity contribution in [1.29, 1.82) is 0 Å². The Labute approximate surface area is 152 Å². The number of carbonyl (C=O) groups is 1. The van der Waals surface area contributed by atoms with Gasteiger partial charge >= 0.3 is 5.97 Å². The lowest BCUT2D eigenvalue weighted by Crippen LogP contribution is -2.11. The molecule has 2 rings (SSSR count). The van der Waals surface area contributed by atoms with E-state index in [1.807, 2.05) is 23.6 Å². The summed E-state index contributed by atoms with van der Waals surface area (Å²) in [5.74, 6) is 1.45. The Morgan fingerprint density at radius 2 is 1.88 bits per heavy atom. The Morgan fingerprint density at radius 3 is 2.44 bits per heavy atom. The van der Waals surface area contributed by atoms with Crippen molar-refractivity contribution in [2.24, 2.45) is 0 Å². The third-order valence-electron chi connectivity index (χ3n) is 3.74. The molecule has 0 unspecified atom stereocenters. The van der Waals surface area contributed by atoms with Gasteiger partial charge in [0.2, 0.25) is 0 Å². The van der Waals surface area contributed by atoms with Crippen LogP contribution >= 0.6 is 11.8 Å². The third kappa shape index (κ3) is 5.22. The summed E-state index contributed by atoms with van der Waals surface area (Å²) in [4.78, 5) is 11.3. The third-order valence-corrected chi connectivity index (χ3v) is 4.69. The first kappa shape index (κ1) is 19.3. The Bertz CT molecular complexity index is 705. The lowest BCUT2D eigenvalue weighted by molar-refractivity contribution is -0.137. The van der Waals surface area contributed by atoms with E-state index >= 15 is 0 Å². The zero-order valence-corrected chi connectivity index (χ0v) is 16.2. The molecule has 0 spiro atoms. The van der Waals surface area contributed by atoms with Crippen LogP contribution in [0, 0.1) is 0 Å². The second-order valence-corrected chi connectivity index (χ2v) is 7.51. The van der Waals surface area contributed by atoms with E-state index < -0.39 is 0 Å². The summed E-state index contributed by atoms with van der Waals surface area (Å²) in [5, 5.41) is 9.01. The quantitative estimate of drug-likeness (QED) is 0.554. The second kappa shape index (κ2) is 8.38. The first-order valence-corrected chi connectivity index (χ1v) is 9.18. The second-order valence-electron chi connectivity index (χ2n) is 6.57.